The van der Waals surface area contributed by atoms with Crippen LogP contribution < -0.4 is 14.2 Å². The van der Waals surface area contributed by atoms with E-state index in [9.17, 15) is 65.5 Å². The summed E-state index contributed by atoms with van der Waals surface area (Å²) in [7, 11) is -2.20. The summed E-state index contributed by atoms with van der Waals surface area (Å²) in [4.78, 5) is 48.7. The molecule has 1 unspecified atom stereocenters. The third-order valence-corrected chi connectivity index (χ3v) is 8.33. The van der Waals surface area contributed by atoms with Crippen LogP contribution in [0.3, 0.4) is 0 Å². The van der Waals surface area contributed by atoms with Gasteiger partial charge in [-0.3, -0.25) is 38.1 Å². The molecular formula is C26H30MnN2O18S2-2. The normalized spacial score (nSPS) is 12.8. The van der Waals surface area contributed by atoms with Crippen molar-refractivity contribution in [1.82, 2.24) is 9.80 Å². The van der Waals surface area contributed by atoms with E-state index in [1.165, 1.54) is 0 Å². The average molecular weight is 778 g/mol. The van der Waals surface area contributed by atoms with Crippen molar-refractivity contribution >= 4 is 44.1 Å². The van der Waals surface area contributed by atoms with E-state index in [4.69, 9.17) is 14.2 Å². The van der Waals surface area contributed by atoms with Gasteiger partial charge in [0.05, 0.1) is 27.3 Å². The van der Waals surface area contributed by atoms with Crippen molar-refractivity contribution in [1.29, 1.82) is 0 Å². The fraction of sp³-hybridized carbons (Fsp3) is 0.308. The zero-order valence-corrected chi connectivity index (χ0v) is 28.2. The molecule has 0 aromatic heterocycles. The summed E-state index contributed by atoms with van der Waals surface area (Å²) in [6.45, 7) is -3.66. The molecule has 20 nitrogen and oxygen atoms in total. The molecule has 273 valence electrons. The number of hydrogen-bond acceptors (Lipinski definition) is 15. The van der Waals surface area contributed by atoms with Gasteiger partial charge in [0, 0.05) is 53.4 Å². The van der Waals surface area contributed by atoms with Crippen molar-refractivity contribution in [2.45, 2.75) is 21.9 Å². The van der Waals surface area contributed by atoms with E-state index < -0.39 is 115 Å². The summed E-state index contributed by atoms with van der Waals surface area (Å²) in [6.07, 6.45) is 0. The third kappa shape index (κ3) is 10.6. The number of hydrogen-bond donors (Lipinski definition) is 6. The predicted molar refractivity (Wildman–Crippen MR) is 156 cm³/mol. The first-order valence-corrected chi connectivity index (χ1v) is 15.7. The molecule has 23 heteroatoms. The Hall–Kier alpha value is -4.22. The van der Waals surface area contributed by atoms with Crippen molar-refractivity contribution in [3.63, 3.8) is 0 Å². The molecule has 6 N–H and O–H groups in total. The maximum atomic E-state index is 12.6. The van der Waals surface area contributed by atoms with Crippen LogP contribution >= 0.6 is 0 Å². The first kappa shape index (κ1) is 42.8. The standard InChI is InChI=1S/C26H30N2O18S2.Mn/c1-43-13-7-15(23(32)17(9-13)47(37,38)39)21(25(33)34)28(12-20(31)45-3)6-5-27(11-19(29)30)22(26(35)36)16-8-14(44-2)10-18(24(16)46-4)48(40,41)42;/h7-10,21-22,32H,3-6,11-12H2,1-2H3,(H,29,30)(H,33,34)(H,35,36)(H,37,38,39)(H,40,41,42);/q-2;/t21-,22?;/m0./s1. The van der Waals surface area contributed by atoms with Crippen molar-refractivity contribution in [3.8, 4) is 23.0 Å². The summed E-state index contributed by atoms with van der Waals surface area (Å²) in [5, 5.41) is 40.8. The summed E-state index contributed by atoms with van der Waals surface area (Å²) < 4.78 is 86.6. The SMILES string of the molecule is [CH2-]OC(=O)CN(CCN(CC(=O)O)C(C(=O)O)c1cc(OC)cc(S(=O)(=O)O)c1O[CH2-])[C@H](C(=O)O)c1cc(OC)cc(S(=O)(=O)O)c1O.[Mn]. The van der Waals surface area contributed by atoms with Crippen molar-refractivity contribution < 1.29 is 102 Å². The van der Waals surface area contributed by atoms with Crippen LogP contribution in [0.15, 0.2) is 34.1 Å². The molecule has 0 fully saturated rings. The number of nitrogens with zero attached hydrogens (tertiary/aromatic N) is 2. The van der Waals surface area contributed by atoms with Crippen LogP contribution in [0.2, 0.25) is 0 Å². The topological polar surface area (TPSA) is 301 Å². The van der Waals surface area contributed by atoms with E-state index >= 15 is 0 Å². The summed E-state index contributed by atoms with van der Waals surface area (Å²) in [5.41, 5.74) is -1.34. The molecule has 0 heterocycles. The molecule has 0 aliphatic rings. The van der Waals surface area contributed by atoms with Crippen molar-refractivity contribution in [3.05, 3.63) is 49.6 Å². The molecule has 0 aliphatic carbocycles. The van der Waals surface area contributed by atoms with Crippen LogP contribution in [0, 0.1) is 14.2 Å². The smallest absolute Gasteiger partial charge is 0.325 e. The summed E-state index contributed by atoms with van der Waals surface area (Å²) in [6, 6.07) is -1.07. The van der Waals surface area contributed by atoms with Crippen LogP contribution in [-0.4, -0.2) is 120 Å². The minimum absolute atomic E-state index is 0. The number of phenolic OH excluding ortho intramolecular Hbond substituents is 1. The van der Waals surface area contributed by atoms with Crippen LogP contribution in [0.25, 0.3) is 0 Å². The second kappa shape index (κ2) is 17.4. The number of esters is 1. The Balaban J connectivity index is 0.0000120. The molecule has 0 saturated heterocycles. The zero-order valence-electron chi connectivity index (χ0n) is 25.4. The third-order valence-electron chi connectivity index (χ3n) is 6.60. The second-order valence-electron chi connectivity index (χ2n) is 9.53. The number of rotatable bonds is 18. The maximum absolute atomic E-state index is 12.6. The quantitative estimate of drug-likeness (QED) is 0.0504. The van der Waals surface area contributed by atoms with Gasteiger partial charge >= 0.3 is 17.9 Å². The second-order valence-corrected chi connectivity index (χ2v) is 12.3. The molecule has 0 aliphatic heterocycles. The number of aromatic hydroxyl groups is 1. The largest absolute Gasteiger partial charge is 0.664 e. The Morgan fingerprint density at radius 2 is 1.18 bits per heavy atom. The van der Waals surface area contributed by atoms with Gasteiger partial charge < -0.3 is 39.4 Å². The fourth-order valence-corrected chi connectivity index (χ4v) is 5.91. The van der Waals surface area contributed by atoms with E-state index in [1.807, 2.05) is 0 Å². The monoisotopic (exact) mass is 777 g/mol. The van der Waals surface area contributed by atoms with Crippen LogP contribution in [0.1, 0.15) is 23.2 Å². The van der Waals surface area contributed by atoms with Crippen LogP contribution in [0.5, 0.6) is 23.0 Å². The Kier molecular flexibility index (Phi) is 15.2. The summed E-state index contributed by atoms with van der Waals surface area (Å²) in [5.74, 6) is -9.27. The first-order valence-electron chi connectivity index (χ1n) is 12.8. The van der Waals surface area contributed by atoms with E-state index in [0.717, 1.165) is 32.4 Å². The van der Waals surface area contributed by atoms with E-state index in [1.54, 1.807) is 0 Å². The van der Waals surface area contributed by atoms with Crippen molar-refractivity contribution in [2.24, 2.45) is 0 Å². The Bertz CT molecular complexity index is 1780. The van der Waals surface area contributed by atoms with Gasteiger partial charge in [-0.25, -0.2) is 0 Å². The molecule has 0 amide bonds. The predicted octanol–water partition coefficient (Wildman–Crippen LogP) is 0.0457. The number of phenols is 1. The molecular weight excluding hydrogens is 747 g/mol. The number of ether oxygens (including phenoxy) is 4. The number of aliphatic carboxylic acids is 3. The molecule has 0 saturated carbocycles. The Morgan fingerprint density at radius 1 is 0.755 bits per heavy atom. The number of methoxy groups -OCH3 is 2. The molecule has 49 heavy (non-hydrogen) atoms. The van der Waals surface area contributed by atoms with E-state index in [2.05, 4.69) is 19.0 Å². The van der Waals surface area contributed by atoms with Gasteiger partial charge in [-0.1, -0.05) is 0 Å². The van der Waals surface area contributed by atoms with E-state index in [-0.39, 0.29) is 28.6 Å². The minimum atomic E-state index is -5.19. The van der Waals surface area contributed by atoms with Crippen LogP contribution in [0.4, 0.5) is 0 Å². The number of carboxylic acids is 3. The van der Waals surface area contributed by atoms with Gasteiger partial charge in [-0.05, 0) is 12.1 Å². The van der Waals surface area contributed by atoms with Gasteiger partial charge in [-0.15, -0.1) is 0 Å². The van der Waals surface area contributed by atoms with Crippen LogP contribution in [-0.2, 0) is 61.2 Å². The van der Waals surface area contributed by atoms with Gasteiger partial charge in [0.2, 0.25) is 0 Å². The first-order chi connectivity index (χ1) is 22.2. The Morgan fingerprint density at radius 3 is 1.57 bits per heavy atom. The van der Waals surface area contributed by atoms with Gasteiger partial charge in [-0.2, -0.15) is 31.1 Å². The molecule has 2 atom stereocenters. The van der Waals surface area contributed by atoms with E-state index in [0.29, 0.717) is 15.9 Å². The molecule has 2 aromatic carbocycles. The zero-order chi connectivity index (χ0) is 36.7. The molecule has 0 bridgehead atoms. The van der Waals surface area contributed by atoms with Gasteiger partial charge in [0.15, 0.2) is 0 Å². The molecule has 2 aromatic rings. The molecule has 0 spiro atoms. The Labute approximate surface area is 289 Å². The minimum Gasteiger partial charge on any atom is -0.664 e. The number of carbonyl (C=O) groups excluding carboxylic acids is 1. The summed E-state index contributed by atoms with van der Waals surface area (Å²) >= 11 is 0. The number of carboxylic acid groups (broad SMARTS) is 3. The average Bonchev–Trinajstić information content (AvgIpc) is 2.98. The molecule has 1 radical (unpaired) electrons. The number of carbonyl (C=O) groups is 4. The van der Waals surface area contributed by atoms with Crippen molar-refractivity contribution in [2.75, 3.05) is 40.4 Å². The van der Waals surface area contributed by atoms with Gasteiger partial charge in [0.1, 0.15) is 44.9 Å². The molecule has 2 rings (SSSR count). The fourth-order valence-electron chi connectivity index (χ4n) is 4.60. The number of benzene rings is 2. The maximum Gasteiger partial charge on any atom is 0.325 e. The van der Waals surface area contributed by atoms with Gasteiger partial charge in [0.25, 0.3) is 26.2 Å².